The molecule has 1 aliphatic rings. The van der Waals surface area contributed by atoms with Crippen molar-refractivity contribution in [3.8, 4) is 0 Å². The number of Topliss-reactive ketones (excluding diaryl/α,β-unsaturated/α-hetero) is 1. The van der Waals surface area contributed by atoms with Gasteiger partial charge in [0.1, 0.15) is 0 Å². The van der Waals surface area contributed by atoms with Gasteiger partial charge in [-0.25, -0.2) is 4.79 Å². The Morgan fingerprint density at radius 3 is 2.38 bits per heavy atom. The Labute approximate surface area is 172 Å². The van der Waals surface area contributed by atoms with E-state index in [1.165, 1.54) is 11.3 Å². The molecule has 1 aromatic carbocycles. The van der Waals surface area contributed by atoms with E-state index in [-0.39, 0.29) is 17.8 Å². The molecule has 29 heavy (non-hydrogen) atoms. The van der Waals surface area contributed by atoms with E-state index in [4.69, 9.17) is 4.74 Å². The molecule has 0 radical (unpaired) electrons. The highest BCUT2D eigenvalue weighted by atomic mass is 16.5. The number of H-pyrrole nitrogens is 1. The first-order valence-corrected chi connectivity index (χ1v) is 10.3. The fraction of sp³-hybridized carbons (Fsp3) is 0.478. The lowest BCUT2D eigenvalue weighted by Gasteiger charge is -2.39. The highest BCUT2D eigenvalue weighted by molar-refractivity contribution is 6.03. The Hall–Kier alpha value is -2.60. The topological polar surface area (TPSA) is 65.6 Å². The standard InChI is InChI=1S/C23H31N3O3/c1-6-29-23(28)20-16(3)21(24-17(20)4)22(27)18(5)25-11-13-26(14-12-25)19-10-8-7-9-15(19)2/h7-10,18,24H,6,11-14H2,1-5H3. The Morgan fingerprint density at radius 1 is 1.10 bits per heavy atom. The number of carbonyl (C=O) groups excluding carboxylic acids is 2. The molecule has 156 valence electrons. The van der Waals surface area contributed by atoms with Crippen LogP contribution in [0, 0.1) is 20.8 Å². The van der Waals surface area contributed by atoms with Gasteiger partial charge in [0.15, 0.2) is 5.78 Å². The lowest BCUT2D eigenvalue weighted by Crippen LogP contribution is -2.52. The molecule has 3 rings (SSSR count). The van der Waals surface area contributed by atoms with Gasteiger partial charge in [-0.15, -0.1) is 0 Å². The van der Waals surface area contributed by atoms with Gasteiger partial charge in [0.25, 0.3) is 0 Å². The van der Waals surface area contributed by atoms with E-state index in [9.17, 15) is 9.59 Å². The second-order valence-corrected chi connectivity index (χ2v) is 7.70. The number of piperazine rings is 1. The summed E-state index contributed by atoms with van der Waals surface area (Å²) in [5.74, 6) is -0.359. The first-order chi connectivity index (χ1) is 13.8. The summed E-state index contributed by atoms with van der Waals surface area (Å²) in [6, 6.07) is 8.16. The summed E-state index contributed by atoms with van der Waals surface area (Å²) in [6.07, 6.45) is 0. The minimum absolute atomic E-state index is 0.0190. The van der Waals surface area contributed by atoms with Gasteiger partial charge in [-0.3, -0.25) is 9.69 Å². The van der Waals surface area contributed by atoms with E-state index in [1.807, 2.05) is 20.8 Å². The molecule has 0 amide bonds. The van der Waals surface area contributed by atoms with E-state index < -0.39 is 0 Å². The van der Waals surface area contributed by atoms with Gasteiger partial charge < -0.3 is 14.6 Å². The Balaban J connectivity index is 1.70. The number of hydrogen-bond acceptors (Lipinski definition) is 5. The van der Waals surface area contributed by atoms with Crippen LogP contribution in [-0.4, -0.2) is 60.5 Å². The van der Waals surface area contributed by atoms with Crippen LogP contribution in [0.1, 0.15) is 51.5 Å². The van der Waals surface area contributed by atoms with Crippen molar-refractivity contribution in [2.24, 2.45) is 0 Å². The number of ketones is 1. The lowest BCUT2D eigenvalue weighted by atomic mass is 10.0. The van der Waals surface area contributed by atoms with Crippen molar-refractivity contribution >= 4 is 17.4 Å². The summed E-state index contributed by atoms with van der Waals surface area (Å²) in [6.45, 7) is 13.2. The fourth-order valence-corrected chi connectivity index (χ4v) is 4.15. The van der Waals surface area contributed by atoms with Crippen LogP contribution >= 0.6 is 0 Å². The van der Waals surface area contributed by atoms with Gasteiger partial charge >= 0.3 is 5.97 Å². The molecule has 2 heterocycles. The van der Waals surface area contributed by atoms with Crippen molar-refractivity contribution in [3.63, 3.8) is 0 Å². The van der Waals surface area contributed by atoms with Crippen molar-refractivity contribution in [1.29, 1.82) is 0 Å². The molecule has 6 heteroatoms. The monoisotopic (exact) mass is 397 g/mol. The van der Waals surface area contributed by atoms with Gasteiger partial charge in [0.05, 0.1) is 23.9 Å². The molecule has 1 aromatic heterocycles. The molecule has 1 atom stereocenters. The summed E-state index contributed by atoms with van der Waals surface area (Å²) in [7, 11) is 0. The maximum absolute atomic E-state index is 13.2. The number of anilines is 1. The van der Waals surface area contributed by atoms with Crippen LogP contribution in [0.4, 0.5) is 5.69 Å². The first kappa shape index (κ1) is 21.1. The summed E-state index contributed by atoms with van der Waals surface area (Å²) in [5, 5.41) is 0. The number of benzene rings is 1. The fourth-order valence-electron chi connectivity index (χ4n) is 4.15. The second kappa shape index (κ2) is 8.82. The number of para-hydroxylation sites is 1. The third-order valence-electron chi connectivity index (χ3n) is 5.86. The predicted octanol–water partition coefficient (Wildman–Crippen LogP) is 3.51. The van der Waals surface area contributed by atoms with E-state index in [2.05, 4.69) is 46.0 Å². The number of aromatic amines is 1. The predicted molar refractivity (Wildman–Crippen MR) is 115 cm³/mol. The highest BCUT2D eigenvalue weighted by Gasteiger charge is 2.30. The third kappa shape index (κ3) is 4.22. The van der Waals surface area contributed by atoms with Gasteiger partial charge in [-0.05, 0) is 51.8 Å². The molecule has 1 N–H and O–H groups in total. The molecule has 0 saturated carbocycles. The van der Waals surface area contributed by atoms with E-state index in [0.717, 1.165) is 26.2 Å². The Morgan fingerprint density at radius 2 is 1.76 bits per heavy atom. The van der Waals surface area contributed by atoms with Crippen LogP contribution in [-0.2, 0) is 4.74 Å². The number of aryl methyl sites for hydroxylation is 2. The maximum atomic E-state index is 13.2. The van der Waals surface area contributed by atoms with Crippen molar-refractivity contribution in [3.05, 3.63) is 52.3 Å². The highest BCUT2D eigenvalue weighted by Crippen LogP contribution is 2.24. The Bertz CT molecular complexity index is 895. The molecule has 0 spiro atoms. The minimum Gasteiger partial charge on any atom is -0.462 e. The number of nitrogens with one attached hydrogen (secondary N) is 1. The molecule has 1 aliphatic heterocycles. The molecule has 0 bridgehead atoms. The summed E-state index contributed by atoms with van der Waals surface area (Å²) in [5.41, 5.74) is 4.89. The van der Waals surface area contributed by atoms with Gasteiger partial charge in [0, 0.05) is 37.6 Å². The van der Waals surface area contributed by atoms with Crippen LogP contribution in [0.2, 0.25) is 0 Å². The molecule has 2 aromatic rings. The van der Waals surface area contributed by atoms with Crippen LogP contribution in [0.15, 0.2) is 24.3 Å². The molecule has 6 nitrogen and oxygen atoms in total. The molecular weight excluding hydrogens is 366 g/mol. The largest absolute Gasteiger partial charge is 0.462 e. The van der Waals surface area contributed by atoms with Crippen molar-refractivity contribution in [1.82, 2.24) is 9.88 Å². The summed E-state index contributed by atoms with van der Waals surface area (Å²) < 4.78 is 5.14. The molecule has 0 aliphatic carbocycles. The third-order valence-corrected chi connectivity index (χ3v) is 5.86. The quantitative estimate of drug-likeness (QED) is 0.597. The van der Waals surface area contributed by atoms with Crippen LogP contribution in [0.5, 0.6) is 0 Å². The van der Waals surface area contributed by atoms with E-state index >= 15 is 0 Å². The van der Waals surface area contributed by atoms with E-state index in [1.54, 1.807) is 6.92 Å². The number of nitrogens with zero attached hydrogens (tertiary/aromatic N) is 2. The molecular formula is C23H31N3O3. The number of esters is 1. The van der Waals surface area contributed by atoms with Crippen LogP contribution < -0.4 is 4.90 Å². The molecule has 1 fully saturated rings. The number of carbonyl (C=O) groups is 2. The van der Waals surface area contributed by atoms with E-state index in [0.29, 0.717) is 29.1 Å². The number of rotatable bonds is 6. The number of aromatic nitrogens is 1. The average Bonchev–Trinajstić information content (AvgIpc) is 3.01. The lowest BCUT2D eigenvalue weighted by molar-refractivity contribution is 0.0525. The zero-order valence-corrected chi connectivity index (χ0v) is 18.0. The first-order valence-electron chi connectivity index (χ1n) is 10.3. The summed E-state index contributed by atoms with van der Waals surface area (Å²) in [4.78, 5) is 33.1. The summed E-state index contributed by atoms with van der Waals surface area (Å²) >= 11 is 0. The molecule has 1 saturated heterocycles. The van der Waals surface area contributed by atoms with Gasteiger partial charge in [-0.1, -0.05) is 18.2 Å². The smallest absolute Gasteiger partial charge is 0.340 e. The zero-order chi connectivity index (χ0) is 21.1. The average molecular weight is 398 g/mol. The maximum Gasteiger partial charge on any atom is 0.340 e. The zero-order valence-electron chi connectivity index (χ0n) is 18.0. The van der Waals surface area contributed by atoms with Crippen LogP contribution in [0.25, 0.3) is 0 Å². The van der Waals surface area contributed by atoms with Crippen molar-refractivity contribution in [2.75, 3.05) is 37.7 Å². The van der Waals surface area contributed by atoms with Crippen molar-refractivity contribution in [2.45, 2.75) is 40.7 Å². The normalized spacial score (nSPS) is 16.0. The van der Waals surface area contributed by atoms with Gasteiger partial charge in [0.2, 0.25) is 0 Å². The number of hydrogen-bond donors (Lipinski definition) is 1. The van der Waals surface area contributed by atoms with Crippen molar-refractivity contribution < 1.29 is 14.3 Å². The van der Waals surface area contributed by atoms with Crippen LogP contribution in [0.3, 0.4) is 0 Å². The number of ether oxygens (including phenoxy) is 1. The Kier molecular flexibility index (Phi) is 6.42. The second-order valence-electron chi connectivity index (χ2n) is 7.70. The minimum atomic E-state index is -0.378. The molecule has 1 unspecified atom stereocenters. The van der Waals surface area contributed by atoms with Gasteiger partial charge in [-0.2, -0.15) is 0 Å². The SMILES string of the molecule is CCOC(=O)c1c(C)[nH]c(C(=O)C(C)N2CCN(c3ccccc3C)CC2)c1C.